The zero-order chi connectivity index (χ0) is 17.1. The number of ether oxygens (including phenoxy) is 2. The van der Waals surface area contributed by atoms with Crippen molar-refractivity contribution < 1.29 is 9.47 Å². The fourth-order valence-electron chi connectivity index (χ4n) is 3.92. The van der Waals surface area contributed by atoms with Crippen LogP contribution >= 0.6 is 0 Å². The summed E-state index contributed by atoms with van der Waals surface area (Å²) >= 11 is 0. The molecule has 0 unspecified atom stereocenters. The van der Waals surface area contributed by atoms with Gasteiger partial charge < -0.3 is 14.8 Å². The van der Waals surface area contributed by atoms with E-state index in [1.807, 2.05) is 24.4 Å². The van der Waals surface area contributed by atoms with Crippen LogP contribution in [0.4, 0.5) is 0 Å². The van der Waals surface area contributed by atoms with E-state index in [4.69, 9.17) is 9.47 Å². The molecule has 0 saturated carbocycles. The topological polar surface area (TPSA) is 46.6 Å². The van der Waals surface area contributed by atoms with E-state index in [-0.39, 0.29) is 0 Å². The SMILES string of the molecule is COc1ccc(CN2C[C@H]3CNC[C@H]3C2)cc1OCc1cccnc1. The third kappa shape index (κ3) is 3.78. The Hall–Kier alpha value is -2.11. The second kappa shape index (κ2) is 7.42. The Kier molecular flexibility index (Phi) is 4.85. The van der Waals surface area contributed by atoms with Crippen LogP contribution in [0.5, 0.6) is 11.5 Å². The molecular weight excluding hydrogens is 314 g/mol. The minimum atomic E-state index is 0.493. The molecule has 0 amide bonds. The lowest BCUT2D eigenvalue weighted by Gasteiger charge is -2.18. The Morgan fingerprint density at radius 2 is 1.96 bits per heavy atom. The number of hydrogen-bond donors (Lipinski definition) is 1. The summed E-state index contributed by atoms with van der Waals surface area (Å²) in [6, 6.07) is 10.2. The third-order valence-corrected chi connectivity index (χ3v) is 5.22. The van der Waals surface area contributed by atoms with Gasteiger partial charge >= 0.3 is 0 Å². The molecule has 132 valence electrons. The van der Waals surface area contributed by atoms with E-state index in [1.54, 1.807) is 13.3 Å². The minimum Gasteiger partial charge on any atom is -0.493 e. The highest BCUT2D eigenvalue weighted by Gasteiger charge is 2.35. The standard InChI is InChI=1S/C20H25N3O2/c1-24-19-5-4-15(11-23-12-17-9-22-10-18(17)13-23)7-20(19)25-14-16-3-2-6-21-8-16/h2-8,17-18,22H,9-14H2,1H3/t17-,18+. The molecule has 2 aliphatic rings. The van der Waals surface area contributed by atoms with E-state index < -0.39 is 0 Å². The lowest BCUT2D eigenvalue weighted by atomic mass is 10.0. The monoisotopic (exact) mass is 339 g/mol. The lowest BCUT2D eigenvalue weighted by Crippen LogP contribution is -2.25. The maximum atomic E-state index is 6.00. The van der Waals surface area contributed by atoms with Gasteiger partial charge in [-0.15, -0.1) is 0 Å². The maximum Gasteiger partial charge on any atom is 0.161 e. The number of nitrogens with zero attached hydrogens (tertiary/aromatic N) is 2. The fourth-order valence-corrected chi connectivity index (χ4v) is 3.92. The molecule has 0 bridgehead atoms. The molecule has 2 saturated heterocycles. The number of pyridine rings is 1. The van der Waals surface area contributed by atoms with Gasteiger partial charge in [-0.2, -0.15) is 0 Å². The zero-order valence-electron chi connectivity index (χ0n) is 14.6. The van der Waals surface area contributed by atoms with Crippen molar-refractivity contribution in [3.63, 3.8) is 0 Å². The van der Waals surface area contributed by atoms with Gasteiger partial charge in [-0.1, -0.05) is 12.1 Å². The molecule has 3 heterocycles. The van der Waals surface area contributed by atoms with Gasteiger partial charge in [0.25, 0.3) is 0 Å². The van der Waals surface area contributed by atoms with Crippen molar-refractivity contribution in [2.45, 2.75) is 13.2 Å². The molecule has 0 spiro atoms. The number of benzene rings is 1. The van der Waals surface area contributed by atoms with Crippen molar-refractivity contribution >= 4 is 0 Å². The van der Waals surface area contributed by atoms with Crippen LogP contribution < -0.4 is 14.8 Å². The first-order valence-corrected chi connectivity index (χ1v) is 8.93. The van der Waals surface area contributed by atoms with Crippen molar-refractivity contribution in [3.05, 3.63) is 53.9 Å². The van der Waals surface area contributed by atoms with Crippen molar-refractivity contribution in [1.82, 2.24) is 15.2 Å². The molecule has 2 atom stereocenters. The molecule has 1 aromatic carbocycles. The van der Waals surface area contributed by atoms with Crippen LogP contribution in [0, 0.1) is 11.8 Å². The largest absolute Gasteiger partial charge is 0.493 e. The highest BCUT2D eigenvalue weighted by Crippen LogP contribution is 2.31. The summed E-state index contributed by atoms with van der Waals surface area (Å²) in [5, 5.41) is 3.50. The van der Waals surface area contributed by atoms with Gasteiger partial charge in [-0.25, -0.2) is 0 Å². The molecule has 0 aliphatic carbocycles. The lowest BCUT2D eigenvalue weighted by molar-refractivity contribution is 0.280. The van der Waals surface area contributed by atoms with Gasteiger partial charge in [0.2, 0.25) is 0 Å². The van der Waals surface area contributed by atoms with Crippen molar-refractivity contribution in [1.29, 1.82) is 0 Å². The van der Waals surface area contributed by atoms with Gasteiger partial charge in [0, 0.05) is 37.6 Å². The van der Waals surface area contributed by atoms with E-state index in [1.165, 1.54) is 31.7 Å². The Bertz CT molecular complexity index is 695. The van der Waals surface area contributed by atoms with Crippen LogP contribution in [0.15, 0.2) is 42.7 Å². The summed E-state index contributed by atoms with van der Waals surface area (Å²) in [6.07, 6.45) is 3.60. The second-order valence-corrected chi connectivity index (χ2v) is 7.01. The average Bonchev–Trinajstić information content (AvgIpc) is 3.22. The smallest absolute Gasteiger partial charge is 0.161 e. The first-order chi connectivity index (χ1) is 12.3. The minimum absolute atomic E-state index is 0.493. The number of aromatic nitrogens is 1. The first-order valence-electron chi connectivity index (χ1n) is 8.93. The Balaban J connectivity index is 1.42. The summed E-state index contributed by atoms with van der Waals surface area (Å²) in [5.74, 6) is 3.21. The molecule has 2 aromatic rings. The summed E-state index contributed by atoms with van der Waals surface area (Å²) in [6.45, 7) is 6.19. The summed E-state index contributed by atoms with van der Waals surface area (Å²) in [4.78, 5) is 6.69. The van der Waals surface area contributed by atoms with Gasteiger partial charge in [0.15, 0.2) is 11.5 Å². The van der Waals surface area contributed by atoms with Gasteiger partial charge in [-0.3, -0.25) is 9.88 Å². The van der Waals surface area contributed by atoms with E-state index in [0.717, 1.165) is 35.4 Å². The van der Waals surface area contributed by atoms with E-state index in [2.05, 4.69) is 27.3 Å². The molecular formula is C20H25N3O2. The fraction of sp³-hybridized carbons (Fsp3) is 0.450. The van der Waals surface area contributed by atoms with E-state index >= 15 is 0 Å². The molecule has 2 aliphatic heterocycles. The quantitative estimate of drug-likeness (QED) is 0.875. The Morgan fingerprint density at radius 1 is 1.12 bits per heavy atom. The average molecular weight is 339 g/mol. The van der Waals surface area contributed by atoms with Crippen LogP contribution in [0.2, 0.25) is 0 Å². The second-order valence-electron chi connectivity index (χ2n) is 7.01. The van der Waals surface area contributed by atoms with E-state index in [9.17, 15) is 0 Å². The van der Waals surface area contributed by atoms with Crippen LogP contribution in [0.25, 0.3) is 0 Å². The van der Waals surface area contributed by atoms with Gasteiger partial charge in [0.1, 0.15) is 6.61 Å². The zero-order valence-corrected chi connectivity index (χ0v) is 14.6. The molecule has 25 heavy (non-hydrogen) atoms. The predicted molar refractivity (Wildman–Crippen MR) is 96.7 cm³/mol. The highest BCUT2D eigenvalue weighted by atomic mass is 16.5. The third-order valence-electron chi connectivity index (χ3n) is 5.22. The number of fused-ring (bicyclic) bond motifs is 1. The predicted octanol–water partition coefficient (Wildman–Crippen LogP) is 2.32. The van der Waals surface area contributed by atoms with Crippen LogP contribution in [-0.2, 0) is 13.2 Å². The molecule has 1 N–H and O–H groups in total. The van der Waals surface area contributed by atoms with Crippen LogP contribution in [-0.4, -0.2) is 43.2 Å². The van der Waals surface area contributed by atoms with Crippen molar-refractivity contribution in [3.8, 4) is 11.5 Å². The van der Waals surface area contributed by atoms with Crippen LogP contribution in [0.3, 0.4) is 0 Å². The number of hydrogen-bond acceptors (Lipinski definition) is 5. The summed E-state index contributed by atoms with van der Waals surface area (Å²) in [5.41, 5.74) is 2.32. The van der Waals surface area contributed by atoms with E-state index in [0.29, 0.717) is 6.61 Å². The Labute approximate surface area is 149 Å². The van der Waals surface area contributed by atoms with Gasteiger partial charge in [-0.05, 0) is 48.7 Å². The summed E-state index contributed by atoms with van der Waals surface area (Å²) in [7, 11) is 1.68. The number of likely N-dealkylation sites (tertiary alicyclic amines) is 1. The Morgan fingerprint density at radius 3 is 2.68 bits per heavy atom. The van der Waals surface area contributed by atoms with Crippen molar-refractivity contribution in [2.24, 2.45) is 11.8 Å². The number of rotatable bonds is 6. The first kappa shape index (κ1) is 16.4. The highest BCUT2D eigenvalue weighted by molar-refractivity contribution is 5.43. The molecule has 1 aromatic heterocycles. The molecule has 0 radical (unpaired) electrons. The van der Waals surface area contributed by atoms with Gasteiger partial charge in [0.05, 0.1) is 7.11 Å². The molecule has 5 nitrogen and oxygen atoms in total. The number of methoxy groups -OCH3 is 1. The maximum absolute atomic E-state index is 6.00. The molecule has 2 fully saturated rings. The molecule has 5 heteroatoms. The summed E-state index contributed by atoms with van der Waals surface area (Å²) < 4.78 is 11.5. The normalized spacial score (nSPS) is 22.8. The molecule has 4 rings (SSSR count). The van der Waals surface area contributed by atoms with Crippen molar-refractivity contribution in [2.75, 3.05) is 33.3 Å². The number of nitrogens with one attached hydrogen (secondary N) is 1. The van der Waals surface area contributed by atoms with Crippen LogP contribution in [0.1, 0.15) is 11.1 Å².